The van der Waals surface area contributed by atoms with Gasteiger partial charge in [-0.1, -0.05) is 28.9 Å². The first-order valence-electron chi connectivity index (χ1n) is 7.31. The van der Waals surface area contributed by atoms with Gasteiger partial charge in [-0.2, -0.15) is 0 Å². The second kappa shape index (κ2) is 7.70. The number of nitrogens with zero attached hydrogens (tertiary/aromatic N) is 1. The molecule has 2 aromatic carbocycles. The average Bonchev–Trinajstić information content (AvgIpc) is 2.60. The van der Waals surface area contributed by atoms with Crippen LogP contribution in [-0.4, -0.2) is 31.9 Å². The fourth-order valence-electron chi connectivity index (χ4n) is 2.06. The Morgan fingerprint density at radius 1 is 1.17 bits per heavy atom. The van der Waals surface area contributed by atoms with Crippen molar-refractivity contribution in [3.05, 3.63) is 53.1 Å². The van der Waals surface area contributed by atoms with E-state index in [0.717, 1.165) is 5.56 Å². The van der Waals surface area contributed by atoms with Crippen LogP contribution in [0.2, 0.25) is 5.02 Å². The Balaban J connectivity index is 1.48. The van der Waals surface area contributed by atoms with Gasteiger partial charge >= 0.3 is 0 Å². The lowest BCUT2D eigenvalue weighted by atomic mass is 10.2. The van der Waals surface area contributed by atoms with E-state index in [1.54, 1.807) is 42.5 Å². The number of fused-ring (bicyclic) bond motifs is 1. The molecule has 2 aromatic rings. The molecule has 1 aliphatic rings. The molecule has 0 bridgehead atoms. The summed E-state index contributed by atoms with van der Waals surface area (Å²) in [4.78, 5) is 16.8. The molecule has 0 radical (unpaired) electrons. The molecule has 6 nitrogen and oxygen atoms in total. The third-order valence-electron chi connectivity index (χ3n) is 3.17. The number of rotatable bonds is 5. The van der Waals surface area contributed by atoms with Crippen LogP contribution < -0.4 is 14.8 Å². The van der Waals surface area contributed by atoms with E-state index in [0.29, 0.717) is 35.4 Å². The second-order valence-electron chi connectivity index (χ2n) is 4.97. The Morgan fingerprint density at radius 3 is 2.71 bits per heavy atom. The Labute approximate surface area is 144 Å². The van der Waals surface area contributed by atoms with Crippen molar-refractivity contribution < 1.29 is 19.1 Å². The minimum atomic E-state index is -0.320. The number of benzene rings is 2. The molecule has 1 aliphatic heterocycles. The number of ether oxygens (including phenoxy) is 2. The normalized spacial score (nSPS) is 12.9. The van der Waals surface area contributed by atoms with Crippen LogP contribution in [0.25, 0.3) is 0 Å². The standard InChI is InChI=1S/C17H15ClN2O4/c18-13-3-1-12(2-4-13)10-19-24-11-17(21)20-14-5-6-15-16(9-14)23-8-7-22-15/h1-6,9-10H,7-8,11H2,(H,20,21)/b19-10+. The van der Waals surface area contributed by atoms with Gasteiger partial charge in [-0.25, -0.2) is 0 Å². The molecular weight excluding hydrogens is 332 g/mol. The summed E-state index contributed by atoms with van der Waals surface area (Å²) in [6.45, 7) is 0.823. The highest BCUT2D eigenvalue weighted by molar-refractivity contribution is 6.30. The zero-order valence-electron chi connectivity index (χ0n) is 12.7. The Hall–Kier alpha value is -2.73. The molecule has 0 saturated carbocycles. The molecule has 1 heterocycles. The van der Waals surface area contributed by atoms with Gasteiger partial charge in [0.25, 0.3) is 5.91 Å². The predicted molar refractivity (Wildman–Crippen MR) is 91.1 cm³/mol. The van der Waals surface area contributed by atoms with Crippen LogP contribution in [0, 0.1) is 0 Å². The van der Waals surface area contributed by atoms with Gasteiger partial charge in [-0.05, 0) is 29.8 Å². The Morgan fingerprint density at radius 2 is 1.92 bits per heavy atom. The molecule has 0 aliphatic carbocycles. The van der Waals surface area contributed by atoms with Gasteiger partial charge in [0.2, 0.25) is 0 Å². The third kappa shape index (κ3) is 4.39. The molecule has 0 atom stereocenters. The van der Waals surface area contributed by atoms with E-state index in [1.165, 1.54) is 6.21 Å². The second-order valence-corrected chi connectivity index (χ2v) is 5.40. The van der Waals surface area contributed by atoms with E-state index in [2.05, 4.69) is 10.5 Å². The summed E-state index contributed by atoms with van der Waals surface area (Å²) >= 11 is 5.79. The van der Waals surface area contributed by atoms with Gasteiger partial charge in [0, 0.05) is 16.8 Å². The van der Waals surface area contributed by atoms with Gasteiger partial charge in [-0.15, -0.1) is 0 Å². The van der Waals surface area contributed by atoms with Crippen molar-refractivity contribution >= 4 is 29.4 Å². The zero-order chi connectivity index (χ0) is 16.8. The van der Waals surface area contributed by atoms with Crippen LogP contribution >= 0.6 is 11.6 Å². The SMILES string of the molecule is O=C(CO/N=C/c1ccc(Cl)cc1)Nc1ccc2c(c1)OCCO2. The highest BCUT2D eigenvalue weighted by Gasteiger charge is 2.12. The number of carbonyl (C=O) groups excluding carboxylic acids is 1. The first-order chi connectivity index (χ1) is 11.7. The number of hydrogen-bond donors (Lipinski definition) is 1. The van der Waals surface area contributed by atoms with Crippen molar-refractivity contribution in [3.63, 3.8) is 0 Å². The van der Waals surface area contributed by atoms with Crippen molar-refractivity contribution in [2.24, 2.45) is 5.16 Å². The van der Waals surface area contributed by atoms with Crippen molar-refractivity contribution in [2.45, 2.75) is 0 Å². The quantitative estimate of drug-likeness (QED) is 0.667. The highest BCUT2D eigenvalue weighted by Crippen LogP contribution is 2.32. The van der Waals surface area contributed by atoms with Gasteiger partial charge in [0.05, 0.1) is 6.21 Å². The predicted octanol–water partition coefficient (Wildman–Crippen LogP) is 3.10. The molecule has 0 saturated heterocycles. The average molecular weight is 347 g/mol. The summed E-state index contributed by atoms with van der Waals surface area (Å²) in [5.74, 6) is 0.962. The van der Waals surface area contributed by atoms with E-state index >= 15 is 0 Å². The van der Waals surface area contributed by atoms with Crippen molar-refractivity contribution in [2.75, 3.05) is 25.1 Å². The van der Waals surface area contributed by atoms with Crippen molar-refractivity contribution in [1.82, 2.24) is 0 Å². The maximum Gasteiger partial charge on any atom is 0.265 e. The minimum absolute atomic E-state index is 0.196. The molecule has 3 rings (SSSR count). The first kappa shape index (κ1) is 16.1. The molecule has 0 spiro atoms. The van der Waals surface area contributed by atoms with E-state index in [-0.39, 0.29) is 12.5 Å². The van der Waals surface area contributed by atoms with Gasteiger partial charge in [0.1, 0.15) is 13.2 Å². The molecule has 0 unspecified atom stereocenters. The number of halogens is 1. The topological polar surface area (TPSA) is 69.2 Å². The van der Waals surface area contributed by atoms with Crippen molar-refractivity contribution in [3.8, 4) is 11.5 Å². The van der Waals surface area contributed by atoms with Crippen LogP contribution in [0.15, 0.2) is 47.6 Å². The van der Waals surface area contributed by atoms with Gasteiger partial charge in [0.15, 0.2) is 18.1 Å². The lowest BCUT2D eigenvalue weighted by Crippen LogP contribution is -2.18. The number of carbonyl (C=O) groups is 1. The minimum Gasteiger partial charge on any atom is -0.486 e. The van der Waals surface area contributed by atoms with Crippen molar-refractivity contribution in [1.29, 1.82) is 0 Å². The van der Waals surface area contributed by atoms with E-state index in [1.807, 2.05) is 0 Å². The lowest BCUT2D eigenvalue weighted by Gasteiger charge is -2.18. The maximum absolute atomic E-state index is 11.8. The summed E-state index contributed by atoms with van der Waals surface area (Å²) in [6.07, 6.45) is 1.51. The smallest absolute Gasteiger partial charge is 0.265 e. The largest absolute Gasteiger partial charge is 0.486 e. The van der Waals surface area contributed by atoms with Gasteiger partial charge in [-0.3, -0.25) is 4.79 Å². The van der Waals surface area contributed by atoms with Crippen LogP contribution in [-0.2, 0) is 9.63 Å². The monoisotopic (exact) mass is 346 g/mol. The molecule has 7 heteroatoms. The number of oxime groups is 1. The highest BCUT2D eigenvalue weighted by atomic mass is 35.5. The summed E-state index contributed by atoms with van der Waals surface area (Å²) in [7, 11) is 0. The molecule has 24 heavy (non-hydrogen) atoms. The van der Waals surface area contributed by atoms with Crippen LogP contribution in [0.1, 0.15) is 5.56 Å². The van der Waals surface area contributed by atoms with Crippen LogP contribution in [0.5, 0.6) is 11.5 Å². The zero-order valence-corrected chi connectivity index (χ0v) is 13.5. The van der Waals surface area contributed by atoms with Crippen LogP contribution in [0.3, 0.4) is 0 Å². The number of nitrogens with one attached hydrogen (secondary N) is 1. The number of hydrogen-bond acceptors (Lipinski definition) is 5. The summed E-state index contributed by atoms with van der Waals surface area (Å²) in [6, 6.07) is 12.3. The molecule has 1 N–H and O–H groups in total. The molecule has 124 valence electrons. The molecular formula is C17H15ClN2O4. The lowest BCUT2D eigenvalue weighted by molar-refractivity contribution is -0.120. The Bertz CT molecular complexity index is 747. The van der Waals surface area contributed by atoms with E-state index in [9.17, 15) is 4.79 Å². The Kier molecular flexibility index (Phi) is 5.18. The summed E-state index contributed by atoms with van der Waals surface area (Å²) in [5.41, 5.74) is 1.43. The maximum atomic E-state index is 11.8. The first-order valence-corrected chi connectivity index (χ1v) is 7.69. The molecule has 0 aromatic heterocycles. The molecule has 0 fully saturated rings. The van der Waals surface area contributed by atoms with Gasteiger partial charge < -0.3 is 19.6 Å². The number of amides is 1. The third-order valence-corrected chi connectivity index (χ3v) is 3.42. The fourth-order valence-corrected chi connectivity index (χ4v) is 2.19. The number of anilines is 1. The molecule has 1 amide bonds. The van der Waals surface area contributed by atoms with Crippen LogP contribution in [0.4, 0.5) is 5.69 Å². The summed E-state index contributed by atoms with van der Waals surface area (Å²) in [5, 5.41) is 7.10. The fraction of sp³-hybridized carbons (Fsp3) is 0.176. The van der Waals surface area contributed by atoms with E-state index < -0.39 is 0 Å². The summed E-state index contributed by atoms with van der Waals surface area (Å²) < 4.78 is 10.9. The van der Waals surface area contributed by atoms with E-state index in [4.69, 9.17) is 25.9 Å².